The molecular weight excluding hydrogens is 395 g/mol. The van der Waals surface area contributed by atoms with E-state index in [2.05, 4.69) is 10.6 Å². The molecule has 1 atom stereocenters. The van der Waals surface area contributed by atoms with Crippen LogP contribution >= 0.6 is 34.8 Å². The Morgan fingerprint density at radius 3 is 2.31 bits per heavy atom. The third-order valence-electron chi connectivity index (χ3n) is 4.23. The van der Waals surface area contributed by atoms with Gasteiger partial charge in [0.2, 0.25) is 5.91 Å². The van der Waals surface area contributed by atoms with Gasteiger partial charge in [0.25, 0.3) is 5.91 Å². The predicted octanol–water partition coefficient (Wildman–Crippen LogP) is 4.64. The van der Waals surface area contributed by atoms with Crippen LogP contribution in [-0.2, 0) is 4.79 Å². The van der Waals surface area contributed by atoms with E-state index in [4.69, 9.17) is 34.8 Å². The maximum Gasteiger partial charge on any atom is 0.251 e. The average molecular weight is 412 g/mol. The number of nitrogens with one attached hydrogen (secondary N) is 2. The maximum absolute atomic E-state index is 12.3. The Morgan fingerprint density at radius 1 is 1.00 bits per heavy atom. The summed E-state index contributed by atoms with van der Waals surface area (Å²) in [5.41, 5.74) is 1.37. The van der Waals surface area contributed by atoms with Gasteiger partial charge in [0.05, 0.1) is 22.6 Å². The van der Waals surface area contributed by atoms with E-state index in [0.717, 1.165) is 18.4 Å². The number of carbonyl (C=O) groups excluding carboxylic acids is 2. The molecule has 2 aromatic carbocycles. The van der Waals surface area contributed by atoms with E-state index in [1.807, 2.05) is 24.3 Å². The van der Waals surface area contributed by atoms with Gasteiger partial charge in [-0.05, 0) is 54.7 Å². The molecule has 0 aliphatic heterocycles. The third kappa shape index (κ3) is 4.91. The van der Waals surface area contributed by atoms with Crippen LogP contribution in [0.4, 0.5) is 0 Å². The van der Waals surface area contributed by atoms with E-state index in [9.17, 15) is 9.59 Å². The molecule has 26 heavy (non-hydrogen) atoms. The molecule has 0 aromatic heterocycles. The second kappa shape index (κ2) is 8.30. The number of rotatable bonds is 6. The highest BCUT2D eigenvalue weighted by Crippen LogP contribution is 2.41. The first-order valence-electron chi connectivity index (χ1n) is 8.22. The van der Waals surface area contributed by atoms with Gasteiger partial charge in [-0.2, -0.15) is 0 Å². The minimum Gasteiger partial charge on any atom is -0.347 e. The molecule has 136 valence electrons. The van der Waals surface area contributed by atoms with Crippen molar-refractivity contribution in [1.29, 1.82) is 0 Å². The fraction of sp³-hybridized carbons (Fsp3) is 0.263. The molecule has 1 aliphatic rings. The molecule has 0 bridgehead atoms. The average Bonchev–Trinajstić information content (AvgIpc) is 3.46. The van der Waals surface area contributed by atoms with Crippen molar-refractivity contribution in [3.8, 4) is 0 Å². The zero-order chi connectivity index (χ0) is 18.7. The fourth-order valence-corrected chi connectivity index (χ4v) is 3.12. The van der Waals surface area contributed by atoms with E-state index < -0.39 is 0 Å². The zero-order valence-electron chi connectivity index (χ0n) is 13.8. The Balaban J connectivity index is 1.57. The summed E-state index contributed by atoms with van der Waals surface area (Å²) in [6.07, 6.45) is 2.15. The molecule has 7 heteroatoms. The molecule has 1 saturated carbocycles. The minimum atomic E-state index is -0.381. The van der Waals surface area contributed by atoms with Gasteiger partial charge >= 0.3 is 0 Å². The Bertz CT molecular complexity index is 820. The molecule has 0 radical (unpaired) electrons. The summed E-state index contributed by atoms with van der Waals surface area (Å²) in [5, 5.41) is 6.91. The fourth-order valence-electron chi connectivity index (χ4n) is 2.70. The minimum absolute atomic E-state index is 0.0679. The van der Waals surface area contributed by atoms with Crippen LogP contribution in [0, 0.1) is 5.92 Å². The van der Waals surface area contributed by atoms with Gasteiger partial charge in [-0.15, -0.1) is 0 Å². The summed E-state index contributed by atoms with van der Waals surface area (Å²) in [6, 6.07) is 12.0. The molecule has 0 heterocycles. The maximum atomic E-state index is 12.3. The lowest BCUT2D eigenvalue weighted by Crippen LogP contribution is -2.39. The first-order chi connectivity index (χ1) is 12.4. The van der Waals surface area contributed by atoms with Crippen LogP contribution in [0.1, 0.15) is 34.8 Å². The standard InChI is InChI=1S/C19H17Cl3N2O2/c20-14-6-3-12(4-7-14)18(11-1-2-11)24-17(25)10-23-19(26)13-5-8-15(21)16(22)9-13/h3-9,11,18H,1-2,10H2,(H,23,26)(H,24,25). The van der Waals surface area contributed by atoms with Crippen molar-refractivity contribution < 1.29 is 9.59 Å². The van der Waals surface area contributed by atoms with Crippen molar-refractivity contribution >= 4 is 46.6 Å². The number of hydrogen-bond donors (Lipinski definition) is 2. The molecule has 4 nitrogen and oxygen atoms in total. The second-order valence-corrected chi connectivity index (χ2v) is 7.50. The lowest BCUT2D eigenvalue weighted by Gasteiger charge is -2.19. The third-order valence-corrected chi connectivity index (χ3v) is 5.22. The normalized spacial score (nSPS) is 14.6. The van der Waals surface area contributed by atoms with Crippen LogP contribution in [-0.4, -0.2) is 18.4 Å². The number of benzene rings is 2. The highest BCUT2D eigenvalue weighted by atomic mass is 35.5. The van der Waals surface area contributed by atoms with Crippen LogP contribution in [0.5, 0.6) is 0 Å². The smallest absolute Gasteiger partial charge is 0.251 e. The molecular formula is C19H17Cl3N2O2. The predicted molar refractivity (Wildman–Crippen MR) is 104 cm³/mol. The van der Waals surface area contributed by atoms with Crippen LogP contribution < -0.4 is 10.6 Å². The second-order valence-electron chi connectivity index (χ2n) is 6.25. The molecule has 1 fully saturated rings. The van der Waals surface area contributed by atoms with Gasteiger partial charge < -0.3 is 10.6 Å². The number of carbonyl (C=O) groups is 2. The molecule has 0 spiro atoms. The highest BCUT2D eigenvalue weighted by Gasteiger charge is 2.33. The van der Waals surface area contributed by atoms with Crippen LogP contribution in [0.2, 0.25) is 15.1 Å². The molecule has 1 aliphatic carbocycles. The van der Waals surface area contributed by atoms with Crippen molar-refractivity contribution in [2.24, 2.45) is 5.92 Å². The molecule has 2 amide bonds. The Labute approximate surface area is 166 Å². The molecule has 2 aromatic rings. The van der Waals surface area contributed by atoms with Gasteiger partial charge in [0.15, 0.2) is 0 Å². The number of halogens is 3. The first-order valence-corrected chi connectivity index (χ1v) is 9.35. The molecule has 2 N–H and O–H groups in total. The van der Waals surface area contributed by atoms with Crippen molar-refractivity contribution in [1.82, 2.24) is 10.6 Å². The van der Waals surface area contributed by atoms with E-state index in [1.165, 1.54) is 6.07 Å². The van der Waals surface area contributed by atoms with Gasteiger partial charge in [0.1, 0.15) is 0 Å². The number of amides is 2. The highest BCUT2D eigenvalue weighted by molar-refractivity contribution is 6.42. The van der Waals surface area contributed by atoms with Crippen LogP contribution in [0.3, 0.4) is 0 Å². The Morgan fingerprint density at radius 2 is 1.69 bits per heavy atom. The lowest BCUT2D eigenvalue weighted by molar-refractivity contribution is -0.121. The summed E-state index contributed by atoms with van der Waals surface area (Å²) >= 11 is 17.7. The van der Waals surface area contributed by atoms with E-state index in [1.54, 1.807) is 12.1 Å². The number of hydrogen-bond acceptors (Lipinski definition) is 2. The van der Waals surface area contributed by atoms with E-state index in [0.29, 0.717) is 26.5 Å². The quantitative estimate of drug-likeness (QED) is 0.727. The molecule has 1 unspecified atom stereocenters. The summed E-state index contributed by atoms with van der Waals surface area (Å²) in [7, 11) is 0. The zero-order valence-corrected chi connectivity index (χ0v) is 16.0. The van der Waals surface area contributed by atoms with Gasteiger partial charge in [-0.3, -0.25) is 9.59 Å². The van der Waals surface area contributed by atoms with Crippen molar-refractivity contribution in [2.75, 3.05) is 6.54 Å². The molecule has 0 saturated heterocycles. The summed E-state index contributed by atoms with van der Waals surface area (Å²) < 4.78 is 0. The topological polar surface area (TPSA) is 58.2 Å². The Kier molecular flexibility index (Phi) is 6.07. The SMILES string of the molecule is O=C(CNC(=O)c1ccc(Cl)c(Cl)c1)NC(c1ccc(Cl)cc1)C1CC1. The van der Waals surface area contributed by atoms with Gasteiger partial charge in [-0.25, -0.2) is 0 Å². The van der Waals surface area contributed by atoms with E-state index in [-0.39, 0.29) is 24.4 Å². The molecule has 3 rings (SSSR count). The van der Waals surface area contributed by atoms with Crippen molar-refractivity contribution in [3.05, 3.63) is 68.7 Å². The van der Waals surface area contributed by atoms with Crippen LogP contribution in [0.25, 0.3) is 0 Å². The van der Waals surface area contributed by atoms with Gasteiger partial charge in [0, 0.05) is 10.6 Å². The largest absolute Gasteiger partial charge is 0.347 e. The van der Waals surface area contributed by atoms with Crippen molar-refractivity contribution in [3.63, 3.8) is 0 Å². The monoisotopic (exact) mass is 410 g/mol. The Hall–Kier alpha value is -1.75. The van der Waals surface area contributed by atoms with Gasteiger partial charge in [-0.1, -0.05) is 46.9 Å². The van der Waals surface area contributed by atoms with Crippen LogP contribution in [0.15, 0.2) is 42.5 Å². The summed E-state index contributed by atoms with van der Waals surface area (Å²) in [5.74, 6) is -0.204. The summed E-state index contributed by atoms with van der Waals surface area (Å²) in [4.78, 5) is 24.4. The summed E-state index contributed by atoms with van der Waals surface area (Å²) in [6.45, 7) is -0.115. The van der Waals surface area contributed by atoms with Crippen molar-refractivity contribution in [2.45, 2.75) is 18.9 Å². The lowest BCUT2D eigenvalue weighted by atomic mass is 10.0. The first kappa shape index (κ1) is 19.0. The van der Waals surface area contributed by atoms with E-state index >= 15 is 0 Å².